The summed E-state index contributed by atoms with van der Waals surface area (Å²) in [4.78, 5) is 13.1. The number of nitrogen functional groups attached to an aromatic ring is 1. The van der Waals surface area contributed by atoms with E-state index in [-0.39, 0.29) is 11.9 Å². The van der Waals surface area contributed by atoms with Gasteiger partial charge in [-0.3, -0.25) is 10.1 Å². The molecule has 144 valence electrons. The summed E-state index contributed by atoms with van der Waals surface area (Å²) in [5, 5.41) is 7.65. The molecule has 8 heteroatoms. The molecule has 1 aromatic carbocycles. The van der Waals surface area contributed by atoms with Crippen molar-refractivity contribution in [2.45, 2.75) is 19.4 Å². The molecular weight excluding hydrogens is 369 g/mol. The molecule has 0 aliphatic carbocycles. The second kappa shape index (κ2) is 6.66. The van der Waals surface area contributed by atoms with E-state index in [1.54, 1.807) is 18.3 Å². The number of hydrogen-bond acceptors (Lipinski definition) is 5. The first-order valence-electron chi connectivity index (χ1n) is 9.24. The molecule has 7 nitrogen and oxygen atoms in total. The number of nitrogens with one attached hydrogen (secondary N) is 1. The highest BCUT2D eigenvalue weighted by Crippen LogP contribution is 2.36. The van der Waals surface area contributed by atoms with Crippen molar-refractivity contribution in [3.05, 3.63) is 72.3 Å². The Kier molecular flexibility index (Phi) is 3.97. The number of aromatic nitrogens is 5. The molecule has 1 aliphatic rings. The quantitative estimate of drug-likeness (QED) is 0.555. The number of aromatic amines is 1. The maximum atomic E-state index is 14.2. The van der Waals surface area contributed by atoms with Crippen molar-refractivity contribution in [2.24, 2.45) is 4.99 Å². The van der Waals surface area contributed by atoms with Gasteiger partial charge in [0.2, 0.25) is 0 Å². The molecule has 29 heavy (non-hydrogen) atoms. The lowest BCUT2D eigenvalue weighted by Crippen LogP contribution is -2.10. The number of benzene rings is 1. The lowest BCUT2D eigenvalue weighted by molar-refractivity contribution is 0.623. The summed E-state index contributed by atoms with van der Waals surface area (Å²) in [7, 11) is 0. The van der Waals surface area contributed by atoms with Crippen LogP contribution in [0.2, 0.25) is 0 Å². The summed E-state index contributed by atoms with van der Waals surface area (Å²) in [6.07, 6.45) is 9.41. The Morgan fingerprint density at radius 3 is 2.86 bits per heavy atom. The molecule has 3 N–H and O–H groups in total. The molecule has 4 aromatic rings. The van der Waals surface area contributed by atoms with Crippen LogP contribution >= 0.6 is 0 Å². The number of halogens is 1. The van der Waals surface area contributed by atoms with Crippen LogP contribution < -0.4 is 5.73 Å². The van der Waals surface area contributed by atoms with Crippen LogP contribution in [0, 0.1) is 5.82 Å². The third-order valence-electron chi connectivity index (χ3n) is 5.34. The highest BCUT2D eigenvalue weighted by molar-refractivity contribution is 6.04. The van der Waals surface area contributed by atoms with E-state index >= 15 is 0 Å². The van der Waals surface area contributed by atoms with Gasteiger partial charge in [0, 0.05) is 41.7 Å². The minimum atomic E-state index is -0.261. The van der Waals surface area contributed by atoms with Crippen LogP contribution in [0.5, 0.6) is 0 Å². The lowest BCUT2D eigenvalue weighted by atomic mass is 10.0. The molecule has 0 fully saturated rings. The van der Waals surface area contributed by atoms with Gasteiger partial charge in [0.25, 0.3) is 0 Å². The molecule has 0 amide bonds. The van der Waals surface area contributed by atoms with Crippen LogP contribution in [0.4, 0.5) is 10.2 Å². The van der Waals surface area contributed by atoms with Crippen molar-refractivity contribution >= 4 is 22.6 Å². The summed E-state index contributed by atoms with van der Waals surface area (Å²) < 4.78 is 16.2. The van der Waals surface area contributed by atoms with Gasteiger partial charge in [0.1, 0.15) is 23.6 Å². The van der Waals surface area contributed by atoms with Crippen LogP contribution in [0.3, 0.4) is 0 Å². The average molecular weight is 387 g/mol. The number of hydrogen-bond donors (Lipinski definition) is 2. The van der Waals surface area contributed by atoms with Gasteiger partial charge >= 0.3 is 0 Å². The number of H-pyrrole nitrogens is 1. The Labute approximate surface area is 165 Å². The Morgan fingerprint density at radius 1 is 1.21 bits per heavy atom. The maximum absolute atomic E-state index is 14.2. The number of rotatable bonds is 4. The van der Waals surface area contributed by atoms with Gasteiger partial charge in [-0.2, -0.15) is 5.10 Å². The smallest absolute Gasteiger partial charge is 0.146 e. The van der Waals surface area contributed by atoms with Gasteiger partial charge < -0.3 is 10.3 Å². The average Bonchev–Trinajstić information content (AvgIpc) is 3.47. The fraction of sp³-hybridized carbons (Fsp3) is 0.143. The fourth-order valence-corrected chi connectivity index (χ4v) is 3.76. The number of allylic oxidation sites excluding steroid dienone is 1. The standard InChI is InChI=1S/C21H18FN7/c1-12(13-6-18(24-7-13)15-4-2-3-5-17(15)22)29-10-16(14-8-27-28-9-14)19-20(23)25-11-26-21(19)29/h2-5,7-12H,6H2,1H3,(H,27,28)(H2,23,25,26). The molecule has 1 unspecified atom stereocenters. The van der Waals surface area contributed by atoms with E-state index in [1.807, 2.05) is 24.7 Å². The Bertz CT molecular complexity index is 1270. The van der Waals surface area contributed by atoms with Crippen LogP contribution in [0.15, 0.2) is 65.9 Å². The third kappa shape index (κ3) is 2.80. The van der Waals surface area contributed by atoms with E-state index in [9.17, 15) is 4.39 Å². The maximum Gasteiger partial charge on any atom is 0.146 e. The summed E-state index contributed by atoms with van der Waals surface area (Å²) >= 11 is 0. The molecule has 1 aliphatic heterocycles. The van der Waals surface area contributed by atoms with Gasteiger partial charge in [-0.05, 0) is 18.6 Å². The minimum Gasteiger partial charge on any atom is -0.383 e. The summed E-state index contributed by atoms with van der Waals surface area (Å²) in [6, 6.07) is 6.67. The van der Waals surface area contributed by atoms with Crippen molar-refractivity contribution in [1.29, 1.82) is 0 Å². The highest BCUT2D eigenvalue weighted by Gasteiger charge is 2.24. The molecule has 0 bridgehead atoms. The number of anilines is 1. The van der Waals surface area contributed by atoms with Crippen LogP contribution in [-0.2, 0) is 0 Å². The van der Waals surface area contributed by atoms with Crippen LogP contribution in [0.1, 0.15) is 24.9 Å². The molecule has 5 rings (SSSR count). The van der Waals surface area contributed by atoms with Crippen molar-refractivity contribution in [3.63, 3.8) is 0 Å². The summed E-state index contributed by atoms with van der Waals surface area (Å²) in [5.41, 5.74) is 11.1. The highest BCUT2D eigenvalue weighted by atomic mass is 19.1. The van der Waals surface area contributed by atoms with Gasteiger partial charge in [-0.15, -0.1) is 0 Å². The molecular formula is C21H18FN7. The zero-order chi connectivity index (χ0) is 20.0. The van der Waals surface area contributed by atoms with Gasteiger partial charge in [-0.25, -0.2) is 14.4 Å². The monoisotopic (exact) mass is 387 g/mol. The predicted molar refractivity (Wildman–Crippen MR) is 110 cm³/mol. The fourth-order valence-electron chi connectivity index (χ4n) is 3.76. The number of nitrogens with two attached hydrogens (primary N) is 1. The molecule has 0 saturated carbocycles. The second-order valence-corrected chi connectivity index (χ2v) is 7.01. The van der Waals surface area contributed by atoms with Crippen molar-refractivity contribution < 1.29 is 4.39 Å². The van der Waals surface area contributed by atoms with Crippen molar-refractivity contribution in [3.8, 4) is 11.1 Å². The Balaban J connectivity index is 1.52. The minimum absolute atomic E-state index is 0.0412. The van der Waals surface area contributed by atoms with Gasteiger partial charge in [0.05, 0.1) is 23.3 Å². The molecule has 0 radical (unpaired) electrons. The van der Waals surface area contributed by atoms with Gasteiger partial charge in [0.15, 0.2) is 0 Å². The van der Waals surface area contributed by atoms with E-state index in [1.165, 1.54) is 12.4 Å². The summed E-state index contributed by atoms with van der Waals surface area (Å²) in [5.74, 6) is 0.156. The number of nitrogens with zero attached hydrogens (tertiary/aromatic N) is 5. The second-order valence-electron chi connectivity index (χ2n) is 7.01. The molecule has 3 aromatic heterocycles. The van der Waals surface area contributed by atoms with E-state index in [0.29, 0.717) is 17.8 Å². The molecule has 0 saturated heterocycles. The van der Waals surface area contributed by atoms with E-state index < -0.39 is 0 Å². The Morgan fingerprint density at radius 2 is 2.07 bits per heavy atom. The van der Waals surface area contributed by atoms with E-state index in [0.717, 1.165) is 33.4 Å². The SMILES string of the molecule is CC(C1=CN=C(c2ccccc2F)C1)n1cc(-c2cn[nH]c2)c2c(N)ncnc21. The molecule has 0 spiro atoms. The van der Waals surface area contributed by atoms with Crippen LogP contribution in [0.25, 0.3) is 22.2 Å². The molecule has 4 heterocycles. The zero-order valence-electron chi connectivity index (χ0n) is 15.7. The first kappa shape index (κ1) is 17.3. The topological polar surface area (TPSA) is 97.8 Å². The van der Waals surface area contributed by atoms with Crippen molar-refractivity contribution in [2.75, 3.05) is 5.73 Å². The normalized spacial score (nSPS) is 14.8. The summed E-state index contributed by atoms with van der Waals surface area (Å²) in [6.45, 7) is 2.07. The lowest BCUT2D eigenvalue weighted by Gasteiger charge is -2.16. The Hall–Kier alpha value is -3.81. The van der Waals surface area contributed by atoms with Crippen molar-refractivity contribution in [1.82, 2.24) is 24.7 Å². The number of aliphatic imine (C=N–C) groups is 1. The van der Waals surface area contributed by atoms with Crippen LogP contribution in [-0.4, -0.2) is 30.4 Å². The zero-order valence-corrected chi connectivity index (χ0v) is 15.7. The van der Waals surface area contributed by atoms with E-state index in [2.05, 4.69) is 36.6 Å². The van der Waals surface area contributed by atoms with E-state index in [4.69, 9.17) is 5.73 Å². The molecule has 1 atom stereocenters. The first-order chi connectivity index (χ1) is 14.1. The number of fused-ring (bicyclic) bond motifs is 1. The predicted octanol–water partition coefficient (Wildman–Crippen LogP) is 3.88. The van der Waals surface area contributed by atoms with Gasteiger partial charge in [-0.1, -0.05) is 18.2 Å². The third-order valence-corrected chi connectivity index (χ3v) is 5.34. The largest absolute Gasteiger partial charge is 0.383 e. The first-order valence-corrected chi connectivity index (χ1v) is 9.24.